The number of aliphatic hydroxyl groups is 1. The van der Waals surface area contributed by atoms with E-state index in [0.717, 1.165) is 45.7 Å². The quantitative estimate of drug-likeness (QED) is 0.579. The number of nitrogens with zero attached hydrogens (tertiary/aromatic N) is 2. The first-order chi connectivity index (χ1) is 6.77. The van der Waals surface area contributed by atoms with Gasteiger partial charge in [-0.3, -0.25) is 9.69 Å². The van der Waals surface area contributed by atoms with Crippen molar-refractivity contribution in [3.63, 3.8) is 0 Å². The molecule has 1 rings (SSSR count). The van der Waals surface area contributed by atoms with Gasteiger partial charge < -0.3 is 15.7 Å². The first kappa shape index (κ1) is 11.4. The molecule has 5 nitrogen and oxygen atoms in total. The van der Waals surface area contributed by atoms with Gasteiger partial charge in [0.05, 0.1) is 0 Å². The van der Waals surface area contributed by atoms with Gasteiger partial charge in [-0.2, -0.15) is 0 Å². The molecule has 0 saturated carbocycles. The zero-order valence-electron chi connectivity index (χ0n) is 8.48. The average molecular weight is 201 g/mol. The van der Waals surface area contributed by atoms with E-state index in [4.69, 9.17) is 10.8 Å². The molecule has 0 aromatic carbocycles. The molecule has 1 aliphatic heterocycles. The second-order valence-electron chi connectivity index (χ2n) is 3.52. The van der Waals surface area contributed by atoms with Gasteiger partial charge in [0.2, 0.25) is 5.91 Å². The Morgan fingerprint density at radius 3 is 2.43 bits per heavy atom. The molecule has 0 spiro atoms. The van der Waals surface area contributed by atoms with E-state index in [1.54, 1.807) is 4.90 Å². The summed E-state index contributed by atoms with van der Waals surface area (Å²) in [5.74, 6) is -0.163. The third kappa shape index (κ3) is 3.25. The van der Waals surface area contributed by atoms with Crippen LogP contribution in [0.15, 0.2) is 0 Å². The number of amides is 1. The molecule has 0 aromatic rings. The van der Waals surface area contributed by atoms with Crippen molar-refractivity contribution in [2.24, 2.45) is 5.73 Å². The maximum absolute atomic E-state index is 11.1. The molecule has 3 N–H and O–H groups in total. The van der Waals surface area contributed by atoms with Gasteiger partial charge in [-0.15, -0.1) is 0 Å². The summed E-state index contributed by atoms with van der Waals surface area (Å²) in [5, 5.41) is 8.67. The third-order valence-corrected chi connectivity index (χ3v) is 2.54. The number of hydrogen-bond acceptors (Lipinski definition) is 4. The normalized spacial score (nSPS) is 18.6. The molecule has 5 heteroatoms. The summed E-state index contributed by atoms with van der Waals surface area (Å²) in [6.07, 6.45) is 1.01. The van der Waals surface area contributed by atoms with Crippen LogP contribution in [-0.2, 0) is 4.79 Å². The van der Waals surface area contributed by atoms with E-state index >= 15 is 0 Å². The number of nitrogens with two attached hydrogens (primary N) is 1. The monoisotopic (exact) mass is 201 g/mol. The van der Waals surface area contributed by atoms with Crippen LogP contribution in [0.25, 0.3) is 0 Å². The minimum absolute atomic E-state index is 0.163. The van der Waals surface area contributed by atoms with Crippen LogP contribution in [-0.4, -0.2) is 66.7 Å². The molecule has 0 unspecified atom stereocenters. The molecule has 14 heavy (non-hydrogen) atoms. The van der Waals surface area contributed by atoms with Crippen LogP contribution in [0, 0.1) is 0 Å². The van der Waals surface area contributed by atoms with Crippen molar-refractivity contribution >= 4 is 5.91 Å². The van der Waals surface area contributed by atoms with Crippen molar-refractivity contribution in [3.05, 3.63) is 0 Å². The third-order valence-electron chi connectivity index (χ3n) is 2.54. The summed E-state index contributed by atoms with van der Waals surface area (Å²) >= 11 is 0. The fourth-order valence-corrected chi connectivity index (χ4v) is 1.64. The molecule has 0 atom stereocenters. The molecule has 1 aliphatic rings. The van der Waals surface area contributed by atoms with Crippen LogP contribution in [0.4, 0.5) is 0 Å². The average Bonchev–Trinajstić information content (AvgIpc) is 2.26. The number of carbonyl (C=O) groups is 1. The number of carbonyl (C=O) groups excluding carboxylic acids is 1. The second-order valence-corrected chi connectivity index (χ2v) is 3.52. The molecule has 0 aromatic heterocycles. The lowest BCUT2D eigenvalue weighted by Crippen LogP contribution is -2.49. The van der Waals surface area contributed by atoms with Crippen LogP contribution >= 0.6 is 0 Å². The molecule has 1 heterocycles. The Kier molecular flexibility index (Phi) is 4.86. The van der Waals surface area contributed by atoms with Gasteiger partial charge in [0.15, 0.2) is 0 Å². The number of rotatable bonds is 4. The zero-order chi connectivity index (χ0) is 10.4. The van der Waals surface area contributed by atoms with E-state index in [9.17, 15) is 4.79 Å². The summed E-state index contributed by atoms with van der Waals surface area (Å²) in [5.41, 5.74) is 5.42. The Hall–Kier alpha value is -0.650. The maximum Gasteiger partial charge on any atom is 0.248 e. The minimum Gasteiger partial charge on any atom is -0.387 e. The highest BCUT2D eigenvalue weighted by atomic mass is 16.3. The fourth-order valence-electron chi connectivity index (χ4n) is 1.64. The van der Waals surface area contributed by atoms with Crippen molar-refractivity contribution in [2.45, 2.75) is 6.42 Å². The van der Waals surface area contributed by atoms with Crippen LogP contribution < -0.4 is 5.73 Å². The lowest BCUT2D eigenvalue weighted by molar-refractivity contribution is -0.135. The lowest BCUT2D eigenvalue weighted by atomic mass is 10.3. The molecule has 1 fully saturated rings. The Balaban J connectivity index is 2.20. The predicted octanol–water partition coefficient (Wildman–Crippen LogP) is -1.53. The summed E-state index contributed by atoms with van der Waals surface area (Å²) in [6, 6.07) is 0. The summed E-state index contributed by atoms with van der Waals surface area (Å²) < 4.78 is 0. The lowest BCUT2D eigenvalue weighted by Gasteiger charge is -2.34. The van der Waals surface area contributed by atoms with Crippen molar-refractivity contribution in [1.29, 1.82) is 0 Å². The van der Waals surface area contributed by atoms with Crippen LogP contribution in [0.2, 0.25) is 0 Å². The predicted molar refractivity (Wildman–Crippen MR) is 53.8 cm³/mol. The van der Waals surface area contributed by atoms with Crippen LogP contribution in [0.5, 0.6) is 0 Å². The topological polar surface area (TPSA) is 69.8 Å². The summed E-state index contributed by atoms with van der Waals surface area (Å²) in [4.78, 5) is 15.1. The van der Waals surface area contributed by atoms with Crippen molar-refractivity contribution in [2.75, 3.05) is 45.9 Å². The Morgan fingerprint density at radius 2 is 1.93 bits per heavy atom. The van der Waals surface area contributed by atoms with Gasteiger partial charge in [-0.25, -0.2) is 0 Å². The number of hydrogen-bond donors (Lipinski definition) is 2. The SMILES string of the molecule is NCCCN1CCN(C(=O)CO)CC1. The molecule has 0 radical (unpaired) electrons. The summed E-state index contributed by atoms with van der Waals surface area (Å²) in [7, 11) is 0. The van der Waals surface area contributed by atoms with Gasteiger partial charge >= 0.3 is 0 Å². The van der Waals surface area contributed by atoms with E-state index in [1.165, 1.54) is 0 Å². The largest absolute Gasteiger partial charge is 0.387 e. The highest BCUT2D eigenvalue weighted by molar-refractivity contribution is 5.77. The van der Waals surface area contributed by atoms with Crippen LogP contribution in [0.1, 0.15) is 6.42 Å². The van der Waals surface area contributed by atoms with Crippen LogP contribution in [0.3, 0.4) is 0 Å². The standard InChI is InChI=1S/C9H19N3O2/c10-2-1-3-11-4-6-12(7-5-11)9(14)8-13/h13H,1-8,10H2. The molecular formula is C9H19N3O2. The smallest absolute Gasteiger partial charge is 0.248 e. The highest BCUT2D eigenvalue weighted by Crippen LogP contribution is 2.02. The molecule has 0 aliphatic carbocycles. The van der Waals surface area contributed by atoms with Crippen molar-refractivity contribution in [1.82, 2.24) is 9.80 Å². The Morgan fingerprint density at radius 1 is 1.29 bits per heavy atom. The molecule has 1 saturated heterocycles. The maximum atomic E-state index is 11.1. The molecule has 0 bridgehead atoms. The molecule has 82 valence electrons. The second kappa shape index (κ2) is 5.95. The minimum atomic E-state index is -0.372. The first-order valence-electron chi connectivity index (χ1n) is 5.09. The van der Waals surface area contributed by atoms with Gasteiger partial charge in [0.25, 0.3) is 0 Å². The first-order valence-corrected chi connectivity index (χ1v) is 5.09. The Labute approximate surface area is 84.5 Å². The van der Waals surface area contributed by atoms with Crippen molar-refractivity contribution in [3.8, 4) is 0 Å². The number of piperazine rings is 1. The van der Waals surface area contributed by atoms with Gasteiger partial charge in [-0.05, 0) is 19.5 Å². The molecule has 1 amide bonds. The van der Waals surface area contributed by atoms with Gasteiger partial charge in [-0.1, -0.05) is 0 Å². The molecular weight excluding hydrogens is 182 g/mol. The van der Waals surface area contributed by atoms with E-state index in [0.29, 0.717) is 0 Å². The number of aliphatic hydroxyl groups excluding tert-OH is 1. The highest BCUT2D eigenvalue weighted by Gasteiger charge is 2.19. The zero-order valence-corrected chi connectivity index (χ0v) is 8.48. The summed E-state index contributed by atoms with van der Waals surface area (Å²) in [6.45, 7) is 4.60. The van der Waals surface area contributed by atoms with E-state index in [-0.39, 0.29) is 12.5 Å². The van der Waals surface area contributed by atoms with Gasteiger partial charge in [0, 0.05) is 26.2 Å². The van der Waals surface area contributed by atoms with Gasteiger partial charge in [0.1, 0.15) is 6.61 Å². The van der Waals surface area contributed by atoms with E-state index in [2.05, 4.69) is 4.90 Å². The van der Waals surface area contributed by atoms with E-state index < -0.39 is 0 Å². The fraction of sp³-hybridized carbons (Fsp3) is 0.889. The van der Waals surface area contributed by atoms with E-state index in [1.807, 2.05) is 0 Å². The Bertz CT molecular complexity index is 179. The van der Waals surface area contributed by atoms with Crippen molar-refractivity contribution < 1.29 is 9.90 Å².